The van der Waals surface area contributed by atoms with Crippen LogP contribution in [0.25, 0.3) is 0 Å². The lowest BCUT2D eigenvalue weighted by atomic mass is 10.2. The molecule has 2 rings (SSSR count). The summed E-state index contributed by atoms with van der Waals surface area (Å²) in [7, 11) is -0.806. The number of hydrazone groups is 1. The van der Waals surface area contributed by atoms with Gasteiger partial charge < -0.3 is 14.4 Å². The molecular weight excluding hydrogens is 432 g/mol. The van der Waals surface area contributed by atoms with Gasteiger partial charge in [0.05, 0.1) is 32.4 Å². The van der Waals surface area contributed by atoms with Crippen LogP contribution in [0, 0.1) is 0 Å². The minimum Gasteiger partial charge on any atom is -0.493 e. The molecule has 0 unspecified atom stereocenters. The molecule has 0 fully saturated rings. The van der Waals surface area contributed by atoms with Crippen molar-refractivity contribution in [1.29, 1.82) is 0 Å². The predicted octanol–water partition coefficient (Wildman–Crippen LogP) is 2.47. The van der Waals surface area contributed by atoms with Crippen LogP contribution >= 0.6 is 0 Å². The predicted molar refractivity (Wildman–Crippen MR) is 127 cm³/mol. The molecule has 0 atom stereocenters. The number of nitrogens with zero attached hydrogens (tertiary/aromatic N) is 3. The van der Waals surface area contributed by atoms with Crippen LogP contribution in [-0.2, 0) is 14.8 Å². The van der Waals surface area contributed by atoms with Gasteiger partial charge in [-0.3, -0.25) is 9.10 Å². The second-order valence-corrected chi connectivity index (χ2v) is 8.77. The molecule has 0 heterocycles. The second kappa shape index (κ2) is 11.4. The number of amides is 1. The maximum atomic E-state index is 12.4. The number of nitrogens with one attached hydrogen (secondary N) is 1. The first kappa shape index (κ1) is 25.0. The summed E-state index contributed by atoms with van der Waals surface area (Å²) in [5.74, 6) is 0.220. The van der Waals surface area contributed by atoms with E-state index in [1.165, 1.54) is 32.6 Å². The van der Waals surface area contributed by atoms with E-state index in [1.54, 1.807) is 6.07 Å². The largest absolute Gasteiger partial charge is 0.493 e. The molecule has 0 saturated carbocycles. The Balaban J connectivity index is 2.08. The average molecular weight is 463 g/mol. The van der Waals surface area contributed by atoms with Crippen molar-refractivity contribution in [3.63, 3.8) is 0 Å². The standard InChI is InChI=1S/C22H30N4O5S/c1-6-25(7-2)18-10-8-17(9-11-18)15-23-24-22(27)16-26(32(5,28)29)19-12-13-20(30-3)21(14-19)31-4/h8-15H,6-7,16H2,1-5H3,(H,24,27)/b23-15-. The lowest BCUT2D eigenvalue weighted by molar-refractivity contribution is -0.119. The van der Waals surface area contributed by atoms with E-state index in [9.17, 15) is 13.2 Å². The summed E-state index contributed by atoms with van der Waals surface area (Å²) in [6.45, 7) is 5.58. The van der Waals surface area contributed by atoms with Crippen molar-refractivity contribution in [2.45, 2.75) is 13.8 Å². The van der Waals surface area contributed by atoms with Crippen LogP contribution in [0.15, 0.2) is 47.6 Å². The molecule has 1 amide bonds. The fraction of sp³-hybridized carbons (Fsp3) is 0.364. The van der Waals surface area contributed by atoms with Crippen molar-refractivity contribution >= 4 is 33.5 Å². The number of hydrogen-bond acceptors (Lipinski definition) is 7. The summed E-state index contributed by atoms with van der Waals surface area (Å²) in [5.41, 5.74) is 4.56. The molecule has 10 heteroatoms. The molecule has 2 aromatic rings. The van der Waals surface area contributed by atoms with E-state index in [1.807, 2.05) is 24.3 Å². The first-order valence-corrected chi connectivity index (χ1v) is 11.9. The molecule has 9 nitrogen and oxygen atoms in total. The maximum absolute atomic E-state index is 12.4. The Morgan fingerprint density at radius 1 is 1.00 bits per heavy atom. The topological polar surface area (TPSA) is 101 Å². The number of hydrogen-bond donors (Lipinski definition) is 1. The van der Waals surface area contributed by atoms with E-state index in [2.05, 4.69) is 29.3 Å². The maximum Gasteiger partial charge on any atom is 0.260 e. The molecule has 0 aromatic heterocycles. The third-order valence-corrected chi connectivity index (χ3v) is 5.91. The number of methoxy groups -OCH3 is 2. The Labute approximate surface area is 189 Å². The van der Waals surface area contributed by atoms with E-state index >= 15 is 0 Å². The zero-order chi connectivity index (χ0) is 23.7. The Kier molecular flexibility index (Phi) is 8.89. The summed E-state index contributed by atoms with van der Waals surface area (Å²) in [6.07, 6.45) is 2.53. The van der Waals surface area contributed by atoms with Crippen molar-refractivity contribution in [3.05, 3.63) is 48.0 Å². The van der Waals surface area contributed by atoms with E-state index in [4.69, 9.17) is 9.47 Å². The average Bonchev–Trinajstić information content (AvgIpc) is 2.78. The van der Waals surface area contributed by atoms with Gasteiger partial charge in [0.25, 0.3) is 5.91 Å². The molecule has 174 valence electrons. The monoisotopic (exact) mass is 462 g/mol. The van der Waals surface area contributed by atoms with Crippen molar-refractivity contribution in [1.82, 2.24) is 5.43 Å². The van der Waals surface area contributed by atoms with Crippen LogP contribution in [0.4, 0.5) is 11.4 Å². The van der Waals surface area contributed by atoms with Crippen molar-refractivity contribution in [3.8, 4) is 11.5 Å². The lowest BCUT2D eigenvalue weighted by Gasteiger charge is -2.22. The van der Waals surface area contributed by atoms with Crippen LogP contribution in [0.2, 0.25) is 0 Å². The molecule has 0 aliphatic heterocycles. The number of anilines is 2. The molecule has 0 aliphatic carbocycles. The molecule has 0 spiro atoms. The summed E-state index contributed by atoms with van der Waals surface area (Å²) in [6, 6.07) is 12.4. The smallest absolute Gasteiger partial charge is 0.260 e. The minimum absolute atomic E-state index is 0.274. The quantitative estimate of drug-likeness (QED) is 0.407. The normalized spacial score (nSPS) is 11.3. The molecule has 0 aliphatic rings. The van der Waals surface area contributed by atoms with Crippen LogP contribution in [0.3, 0.4) is 0 Å². The van der Waals surface area contributed by atoms with E-state index in [0.29, 0.717) is 11.5 Å². The molecule has 0 radical (unpaired) electrons. The van der Waals surface area contributed by atoms with Gasteiger partial charge in [0, 0.05) is 24.8 Å². The van der Waals surface area contributed by atoms with Gasteiger partial charge in [0.2, 0.25) is 10.0 Å². The first-order chi connectivity index (χ1) is 15.2. The van der Waals surface area contributed by atoms with Gasteiger partial charge in [0.15, 0.2) is 11.5 Å². The van der Waals surface area contributed by atoms with Gasteiger partial charge in [-0.05, 0) is 43.7 Å². The van der Waals surface area contributed by atoms with E-state index in [-0.39, 0.29) is 5.69 Å². The van der Waals surface area contributed by atoms with Gasteiger partial charge in [0.1, 0.15) is 6.54 Å². The number of sulfonamides is 1. The molecule has 1 N–H and O–H groups in total. The Morgan fingerprint density at radius 3 is 2.12 bits per heavy atom. The molecular formula is C22H30N4O5S. The molecule has 0 saturated heterocycles. The number of carbonyl (C=O) groups is 1. The summed E-state index contributed by atoms with van der Waals surface area (Å²) >= 11 is 0. The summed E-state index contributed by atoms with van der Waals surface area (Å²) in [4.78, 5) is 14.6. The van der Waals surface area contributed by atoms with Crippen molar-refractivity contribution in [2.75, 3.05) is 49.3 Å². The van der Waals surface area contributed by atoms with Gasteiger partial charge in [-0.1, -0.05) is 12.1 Å². The zero-order valence-corrected chi connectivity index (χ0v) is 19.8. The summed E-state index contributed by atoms with van der Waals surface area (Å²) in [5, 5.41) is 3.94. The van der Waals surface area contributed by atoms with Crippen molar-refractivity contribution in [2.24, 2.45) is 5.10 Å². The lowest BCUT2D eigenvalue weighted by Crippen LogP contribution is -2.39. The minimum atomic E-state index is -3.73. The number of carbonyl (C=O) groups excluding carboxylic acids is 1. The third kappa shape index (κ3) is 6.61. The first-order valence-electron chi connectivity index (χ1n) is 10.1. The molecule has 0 bridgehead atoms. The number of benzene rings is 2. The van der Waals surface area contributed by atoms with Gasteiger partial charge in [-0.15, -0.1) is 0 Å². The van der Waals surface area contributed by atoms with Crippen LogP contribution in [0.1, 0.15) is 19.4 Å². The second-order valence-electron chi connectivity index (χ2n) is 6.87. The SMILES string of the molecule is CCN(CC)c1ccc(/C=N\NC(=O)CN(c2ccc(OC)c(OC)c2)S(C)(=O)=O)cc1. The summed E-state index contributed by atoms with van der Waals surface area (Å²) < 4.78 is 35.9. The number of rotatable bonds is 11. The highest BCUT2D eigenvalue weighted by Crippen LogP contribution is 2.32. The van der Waals surface area contributed by atoms with Gasteiger partial charge in [-0.2, -0.15) is 5.10 Å². The molecule has 2 aromatic carbocycles. The van der Waals surface area contributed by atoms with Gasteiger partial charge in [-0.25, -0.2) is 13.8 Å². The zero-order valence-electron chi connectivity index (χ0n) is 19.0. The Hall–Kier alpha value is -3.27. The van der Waals surface area contributed by atoms with Crippen LogP contribution in [-0.4, -0.2) is 60.6 Å². The van der Waals surface area contributed by atoms with E-state index in [0.717, 1.165) is 34.9 Å². The third-order valence-electron chi connectivity index (χ3n) is 4.77. The van der Waals surface area contributed by atoms with Crippen molar-refractivity contribution < 1.29 is 22.7 Å². The van der Waals surface area contributed by atoms with Crippen LogP contribution < -0.4 is 24.1 Å². The number of ether oxygens (including phenoxy) is 2. The Morgan fingerprint density at radius 2 is 1.59 bits per heavy atom. The van der Waals surface area contributed by atoms with Crippen LogP contribution in [0.5, 0.6) is 11.5 Å². The fourth-order valence-corrected chi connectivity index (χ4v) is 3.93. The highest BCUT2D eigenvalue weighted by Gasteiger charge is 2.22. The highest BCUT2D eigenvalue weighted by atomic mass is 32.2. The Bertz CT molecular complexity index is 1030. The highest BCUT2D eigenvalue weighted by molar-refractivity contribution is 7.92. The van der Waals surface area contributed by atoms with E-state index < -0.39 is 22.5 Å². The van der Waals surface area contributed by atoms with Gasteiger partial charge >= 0.3 is 0 Å². The fourth-order valence-electron chi connectivity index (χ4n) is 3.08. The molecule has 32 heavy (non-hydrogen) atoms.